The van der Waals surface area contributed by atoms with Crippen molar-refractivity contribution < 1.29 is 4.74 Å². The van der Waals surface area contributed by atoms with E-state index in [1.807, 2.05) is 12.1 Å². The normalized spacial score (nSPS) is 11.4. The van der Waals surface area contributed by atoms with Crippen molar-refractivity contribution in [2.45, 2.75) is 0 Å². The molecular weight excluding hydrogens is 234 g/mol. The van der Waals surface area contributed by atoms with E-state index in [4.69, 9.17) is 27.9 Å². The van der Waals surface area contributed by atoms with Gasteiger partial charge in [0.1, 0.15) is 5.75 Å². The SMILES string of the molecule is NN=C(N)SCCOc1ccc(Cl)cc1. The molecule has 0 atom stereocenters. The maximum Gasteiger partial charge on any atom is 0.177 e. The smallest absolute Gasteiger partial charge is 0.177 e. The van der Waals surface area contributed by atoms with Gasteiger partial charge in [-0.1, -0.05) is 23.4 Å². The summed E-state index contributed by atoms with van der Waals surface area (Å²) < 4.78 is 5.43. The van der Waals surface area contributed by atoms with Crippen LogP contribution in [0.1, 0.15) is 0 Å². The number of benzene rings is 1. The van der Waals surface area contributed by atoms with Gasteiger partial charge in [-0.05, 0) is 24.3 Å². The van der Waals surface area contributed by atoms with Crippen LogP contribution in [0.2, 0.25) is 5.02 Å². The van der Waals surface area contributed by atoms with Crippen molar-refractivity contribution in [1.82, 2.24) is 0 Å². The molecule has 0 saturated heterocycles. The molecule has 0 spiro atoms. The molecule has 1 aromatic carbocycles. The van der Waals surface area contributed by atoms with E-state index in [1.54, 1.807) is 12.1 Å². The standard InChI is InChI=1S/C9H12ClN3OS/c10-7-1-3-8(4-2-7)14-5-6-15-9(11)13-12/h1-4H,5-6,12H2,(H2,11,13). The average Bonchev–Trinajstić information content (AvgIpc) is 2.26. The predicted octanol–water partition coefficient (Wildman–Crippen LogP) is 1.64. The zero-order chi connectivity index (χ0) is 11.1. The van der Waals surface area contributed by atoms with Gasteiger partial charge < -0.3 is 16.3 Å². The summed E-state index contributed by atoms with van der Waals surface area (Å²) in [6.07, 6.45) is 0. The number of rotatable bonds is 4. The Morgan fingerprint density at radius 2 is 2.07 bits per heavy atom. The Balaban J connectivity index is 2.23. The highest BCUT2D eigenvalue weighted by atomic mass is 35.5. The Labute approximate surface area is 97.6 Å². The van der Waals surface area contributed by atoms with Crippen LogP contribution in [0.3, 0.4) is 0 Å². The van der Waals surface area contributed by atoms with Crippen LogP contribution in [0, 0.1) is 0 Å². The summed E-state index contributed by atoms with van der Waals surface area (Å²) in [7, 11) is 0. The zero-order valence-electron chi connectivity index (χ0n) is 8.02. The third kappa shape index (κ3) is 4.80. The van der Waals surface area contributed by atoms with Crippen molar-refractivity contribution in [3.63, 3.8) is 0 Å². The molecule has 0 heterocycles. The van der Waals surface area contributed by atoms with E-state index >= 15 is 0 Å². The Bertz CT molecular complexity index is 329. The van der Waals surface area contributed by atoms with Crippen molar-refractivity contribution in [2.75, 3.05) is 12.4 Å². The van der Waals surface area contributed by atoms with E-state index in [0.717, 1.165) is 5.75 Å². The summed E-state index contributed by atoms with van der Waals surface area (Å²) in [6.45, 7) is 0.544. The van der Waals surface area contributed by atoms with Crippen LogP contribution < -0.4 is 16.3 Å². The van der Waals surface area contributed by atoms with Gasteiger partial charge in [0, 0.05) is 10.8 Å². The lowest BCUT2D eigenvalue weighted by atomic mass is 10.3. The third-order valence-corrected chi connectivity index (χ3v) is 2.57. The lowest BCUT2D eigenvalue weighted by molar-refractivity contribution is 0.344. The van der Waals surface area contributed by atoms with Gasteiger partial charge in [-0.3, -0.25) is 0 Å². The molecule has 0 amide bonds. The van der Waals surface area contributed by atoms with E-state index in [9.17, 15) is 0 Å². The number of nitrogens with two attached hydrogens (primary N) is 2. The topological polar surface area (TPSA) is 73.6 Å². The molecule has 0 radical (unpaired) electrons. The third-order valence-electron chi connectivity index (χ3n) is 1.54. The minimum absolute atomic E-state index is 0.356. The highest BCUT2D eigenvalue weighted by molar-refractivity contribution is 8.13. The van der Waals surface area contributed by atoms with Gasteiger partial charge in [0.2, 0.25) is 0 Å². The minimum Gasteiger partial charge on any atom is -0.493 e. The fraction of sp³-hybridized carbons (Fsp3) is 0.222. The quantitative estimate of drug-likeness (QED) is 0.278. The number of hydrogen-bond acceptors (Lipinski definition) is 4. The van der Waals surface area contributed by atoms with Crippen LogP contribution >= 0.6 is 23.4 Å². The largest absolute Gasteiger partial charge is 0.493 e. The summed E-state index contributed by atoms with van der Waals surface area (Å²) in [4.78, 5) is 0. The van der Waals surface area contributed by atoms with Gasteiger partial charge in [0.15, 0.2) is 5.17 Å². The van der Waals surface area contributed by atoms with Gasteiger partial charge in [0.05, 0.1) is 6.61 Å². The molecule has 0 aliphatic heterocycles. The molecule has 4 N–H and O–H groups in total. The van der Waals surface area contributed by atoms with Crippen LogP contribution in [0.15, 0.2) is 29.4 Å². The van der Waals surface area contributed by atoms with Crippen LogP contribution in [0.25, 0.3) is 0 Å². The Hall–Kier alpha value is -1.07. The van der Waals surface area contributed by atoms with Crippen LogP contribution in [0.4, 0.5) is 0 Å². The van der Waals surface area contributed by atoms with Gasteiger partial charge in [-0.2, -0.15) is 5.10 Å². The second-order valence-corrected chi connectivity index (χ2v) is 4.17. The summed E-state index contributed by atoms with van der Waals surface area (Å²) in [5.74, 6) is 6.45. The average molecular weight is 246 g/mol. The molecule has 0 unspecified atom stereocenters. The predicted molar refractivity (Wildman–Crippen MR) is 65.2 cm³/mol. The lowest BCUT2D eigenvalue weighted by Gasteiger charge is -2.05. The Morgan fingerprint density at radius 3 is 2.67 bits per heavy atom. The number of thioether (sulfide) groups is 1. The van der Waals surface area contributed by atoms with Crippen molar-refractivity contribution >= 4 is 28.5 Å². The zero-order valence-corrected chi connectivity index (χ0v) is 9.59. The number of ether oxygens (including phenoxy) is 1. The maximum absolute atomic E-state index is 5.73. The number of amidine groups is 1. The molecule has 0 fully saturated rings. The van der Waals surface area contributed by atoms with E-state index in [-0.39, 0.29) is 0 Å². The fourth-order valence-electron chi connectivity index (χ4n) is 0.874. The van der Waals surface area contributed by atoms with Gasteiger partial charge >= 0.3 is 0 Å². The summed E-state index contributed by atoms with van der Waals surface area (Å²) in [6, 6.07) is 7.18. The molecule has 0 aromatic heterocycles. The first kappa shape index (κ1) is 12.0. The Kier molecular flexibility index (Phi) is 5.14. The maximum atomic E-state index is 5.73. The van der Waals surface area contributed by atoms with E-state index in [1.165, 1.54) is 11.8 Å². The number of halogens is 1. The van der Waals surface area contributed by atoms with Crippen LogP contribution in [-0.4, -0.2) is 17.5 Å². The molecule has 4 nitrogen and oxygen atoms in total. The van der Waals surface area contributed by atoms with Crippen molar-refractivity contribution in [2.24, 2.45) is 16.7 Å². The van der Waals surface area contributed by atoms with E-state index in [2.05, 4.69) is 5.10 Å². The molecule has 0 aliphatic rings. The molecule has 15 heavy (non-hydrogen) atoms. The Morgan fingerprint density at radius 1 is 1.40 bits per heavy atom. The molecule has 1 aromatic rings. The van der Waals surface area contributed by atoms with Gasteiger partial charge in [0.25, 0.3) is 0 Å². The second-order valence-electron chi connectivity index (χ2n) is 2.62. The van der Waals surface area contributed by atoms with Crippen molar-refractivity contribution in [1.29, 1.82) is 0 Å². The van der Waals surface area contributed by atoms with Crippen LogP contribution in [0.5, 0.6) is 5.75 Å². The first-order valence-electron chi connectivity index (χ1n) is 4.27. The number of nitrogens with zero attached hydrogens (tertiary/aromatic N) is 1. The summed E-state index contributed by atoms with van der Waals surface area (Å²) in [5, 5.41) is 4.38. The fourth-order valence-corrected chi connectivity index (χ4v) is 1.45. The highest BCUT2D eigenvalue weighted by Gasteiger charge is 1.96. The molecule has 6 heteroatoms. The lowest BCUT2D eigenvalue weighted by Crippen LogP contribution is -2.12. The minimum atomic E-state index is 0.356. The van der Waals surface area contributed by atoms with E-state index in [0.29, 0.717) is 22.6 Å². The first-order valence-corrected chi connectivity index (χ1v) is 5.63. The number of hydrazone groups is 1. The highest BCUT2D eigenvalue weighted by Crippen LogP contribution is 2.15. The van der Waals surface area contributed by atoms with Crippen molar-refractivity contribution in [3.8, 4) is 5.75 Å². The molecular formula is C9H12ClN3OS. The summed E-state index contributed by atoms with van der Waals surface area (Å²) >= 11 is 7.08. The molecule has 0 saturated carbocycles. The molecule has 1 rings (SSSR count). The summed E-state index contributed by atoms with van der Waals surface area (Å²) in [5.41, 5.74) is 5.39. The van der Waals surface area contributed by atoms with Gasteiger partial charge in [-0.15, -0.1) is 0 Å². The second kappa shape index (κ2) is 6.42. The monoisotopic (exact) mass is 245 g/mol. The molecule has 0 bridgehead atoms. The first-order chi connectivity index (χ1) is 7.22. The van der Waals surface area contributed by atoms with E-state index < -0.39 is 0 Å². The molecule has 82 valence electrons. The number of hydrogen-bond donors (Lipinski definition) is 2. The molecule has 0 aliphatic carbocycles. The van der Waals surface area contributed by atoms with Crippen LogP contribution in [-0.2, 0) is 0 Å². The van der Waals surface area contributed by atoms with Crippen molar-refractivity contribution in [3.05, 3.63) is 29.3 Å². The van der Waals surface area contributed by atoms with Gasteiger partial charge in [-0.25, -0.2) is 0 Å².